The molecule has 1 aromatic carbocycles. The van der Waals surface area contributed by atoms with Gasteiger partial charge in [-0.1, -0.05) is 32.8 Å². The lowest BCUT2D eigenvalue weighted by Gasteiger charge is -2.42. The summed E-state index contributed by atoms with van der Waals surface area (Å²) >= 11 is 0. The molecule has 0 aliphatic carbocycles. The van der Waals surface area contributed by atoms with Crippen LogP contribution in [0.5, 0.6) is 0 Å². The Morgan fingerprint density at radius 1 is 1.25 bits per heavy atom. The number of benzene rings is 1. The van der Waals surface area contributed by atoms with E-state index in [1.807, 2.05) is 12.1 Å². The van der Waals surface area contributed by atoms with E-state index in [1.165, 1.54) is 18.9 Å². The maximum atomic E-state index is 14.2. The van der Waals surface area contributed by atoms with Gasteiger partial charge in [0.1, 0.15) is 5.82 Å². The van der Waals surface area contributed by atoms with Gasteiger partial charge in [-0.15, -0.1) is 0 Å². The fourth-order valence-electron chi connectivity index (χ4n) is 3.22. The lowest BCUT2D eigenvalue weighted by atomic mass is 9.74. The highest BCUT2D eigenvalue weighted by Crippen LogP contribution is 2.39. The van der Waals surface area contributed by atoms with Crippen LogP contribution in [0.15, 0.2) is 18.2 Å². The van der Waals surface area contributed by atoms with Crippen LogP contribution < -0.4 is 4.90 Å². The number of aliphatic hydroxyl groups excluding tert-OH is 1. The van der Waals surface area contributed by atoms with Crippen LogP contribution in [0.25, 0.3) is 0 Å². The number of aliphatic hydroxyl groups is 1. The SMILES string of the molecule is CCC1(CC)CCN(c2ccc([C@@H](C)O)cc2F)CC1. The van der Waals surface area contributed by atoms with Gasteiger partial charge in [-0.05, 0) is 42.9 Å². The van der Waals surface area contributed by atoms with Crippen molar-refractivity contribution >= 4 is 5.69 Å². The van der Waals surface area contributed by atoms with E-state index in [0.29, 0.717) is 16.7 Å². The number of piperidine rings is 1. The molecule has 2 rings (SSSR count). The first-order valence-electron chi connectivity index (χ1n) is 7.74. The largest absolute Gasteiger partial charge is 0.389 e. The molecule has 112 valence electrons. The zero-order valence-electron chi connectivity index (χ0n) is 12.8. The first kappa shape index (κ1) is 15.3. The van der Waals surface area contributed by atoms with Crippen molar-refractivity contribution in [3.8, 4) is 0 Å². The second-order valence-electron chi connectivity index (χ2n) is 6.08. The number of anilines is 1. The third-order valence-electron chi connectivity index (χ3n) is 5.12. The summed E-state index contributed by atoms with van der Waals surface area (Å²) in [6.07, 6.45) is 4.07. The third-order valence-corrected chi connectivity index (χ3v) is 5.12. The Hall–Kier alpha value is -1.09. The Balaban J connectivity index is 2.11. The minimum atomic E-state index is -0.618. The maximum Gasteiger partial charge on any atom is 0.146 e. The Morgan fingerprint density at radius 3 is 2.30 bits per heavy atom. The number of halogens is 1. The summed E-state index contributed by atoms with van der Waals surface area (Å²) in [4.78, 5) is 2.14. The average molecular weight is 279 g/mol. The summed E-state index contributed by atoms with van der Waals surface area (Å²) in [7, 11) is 0. The average Bonchev–Trinajstić information content (AvgIpc) is 2.47. The second-order valence-corrected chi connectivity index (χ2v) is 6.08. The smallest absolute Gasteiger partial charge is 0.146 e. The van der Waals surface area contributed by atoms with E-state index in [9.17, 15) is 9.50 Å². The molecule has 1 fully saturated rings. The minimum absolute atomic E-state index is 0.219. The fraction of sp³-hybridized carbons (Fsp3) is 0.647. The normalized spacial score (nSPS) is 19.9. The molecule has 1 aromatic rings. The lowest BCUT2D eigenvalue weighted by Crippen LogP contribution is -2.40. The number of hydrogen-bond donors (Lipinski definition) is 1. The van der Waals surface area contributed by atoms with Gasteiger partial charge < -0.3 is 10.0 Å². The van der Waals surface area contributed by atoms with Crippen molar-refractivity contribution in [3.63, 3.8) is 0 Å². The molecule has 1 aliphatic rings. The predicted molar refractivity (Wildman–Crippen MR) is 81.5 cm³/mol. The lowest BCUT2D eigenvalue weighted by molar-refractivity contribution is 0.197. The van der Waals surface area contributed by atoms with Crippen molar-refractivity contribution in [1.29, 1.82) is 0 Å². The van der Waals surface area contributed by atoms with Crippen molar-refractivity contribution in [2.45, 2.75) is 52.6 Å². The molecular weight excluding hydrogens is 253 g/mol. The summed E-state index contributed by atoms with van der Waals surface area (Å²) in [5, 5.41) is 9.50. The number of rotatable bonds is 4. The minimum Gasteiger partial charge on any atom is -0.389 e. The van der Waals surface area contributed by atoms with Crippen molar-refractivity contribution in [3.05, 3.63) is 29.6 Å². The maximum absolute atomic E-state index is 14.2. The summed E-state index contributed by atoms with van der Waals surface area (Å²) in [6.45, 7) is 8.03. The highest BCUT2D eigenvalue weighted by atomic mass is 19.1. The molecule has 0 bridgehead atoms. The molecule has 1 saturated heterocycles. The van der Waals surface area contributed by atoms with Crippen LogP contribution in [0.2, 0.25) is 0 Å². The Bertz CT molecular complexity index is 444. The van der Waals surface area contributed by atoms with Gasteiger partial charge in [0.2, 0.25) is 0 Å². The Labute approximate surface area is 121 Å². The second kappa shape index (κ2) is 6.13. The topological polar surface area (TPSA) is 23.5 Å². The van der Waals surface area contributed by atoms with Gasteiger partial charge in [-0.25, -0.2) is 4.39 Å². The molecule has 1 aliphatic heterocycles. The van der Waals surface area contributed by atoms with Crippen LogP contribution in [0.4, 0.5) is 10.1 Å². The van der Waals surface area contributed by atoms with Crippen LogP contribution >= 0.6 is 0 Å². The fourth-order valence-corrected chi connectivity index (χ4v) is 3.22. The number of hydrogen-bond acceptors (Lipinski definition) is 2. The summed E-state index contributed by atoms with van der Waals surface area (Å²) in [5.41, 5.74) is 1.77. The molecule has 1 heterocycles. The molecule has 3 heteroatoms. The van der Waals surface area contributed by atoms with E-state index in [4.69, 9.17) is 0 Å². The van der Waals surface area contributed by atoms with E-state index in [2.05, 4.69) is 18.7 Å². The monoisotopic (exact) mass is 279 g/mol. The predicted octanol–water partition coefficient (Wildman–Crippen LogP) is 4.29. The van der Waals surface area contributed by atoms with Crippen molar-refractivity contribution < 1.29 is 9.50 Å². The zero-order chi connectivity index (χ0) is 14.8. The third kappa shape index (κ3) is 2.98. The Morgan fingerprint density at radius 2 is 1.85 bits per heavy atom. The van der Waals surface area contributed by atoms with Crippen LogP contribution in [-0.4, -0.2) is 18.2 Å². The zero-order valence-corrected chi connectivity index (χ0v) is 12.8. The van der Waals surface area contributed by atoms with E-state index in [1.54, 1.807) is 6.92 Å². The van der Waals surface area contributed by atoms with Crippen LogP contribution in [-0.2, 0) is 0 Å². The molecular formula is C17H26FNO. The highest BCUT2D eigenvalue weighted by molar-refractivity contribution is 5.50. The molecule has 0 unspecified atom stereocenters. The first-order chi connectivity index (χ1) is 9.51. The van der Waals surface area contributed by atoms with Gasteiger partial charge in [-0.2, -0.15) is 0 Å². The summed E-state index contributed by atoms with van der Waals surface area (Å²) in [6, 6.07) is 5.09. The molecule has 2 nitrogen and oxygen atoms in total. The van der Waals surface area contributed by atoms with Crippen LogP contribution in [0, 0.1) is 11.2 Å². The molecule has 1 N–H and O–H groups in total. The van der Waals surface area contributed by atoms with E-state index < -0.39 is 6.10 Å². The van der Waals surface area contributed by atoms with Crippen LogP contribution in [0.1, 0.15) is 58.1 Å². The quantitative estimate of drug-likeness (QED) is 0.889. The molecule has 0 saturated carbocycles. The standard InChI is InChI=1S/C17H26FNO/c1-4-17(5-2)8-10-19(11-9-17)16-7-6-14(13(3)20)12-15(16)18/h6-7,12-13,20H,4-5,8-11H2,1-3H3/t13-/m1/s1. The van der Waals surface area contributed by atoms with Crippen LogP contribution in [0.3, 0.4) is 0 Å². The highest BCUT2D eigenvalue weighted by Gasteiger charge is 2.31. The van der Waals surface area contributed by atoms with Crippen molar-refractivity contribution in [2.24, 2.45) is 5.41 Å². The summed E-state index contributed by atoms with van der Waals surface area (Å²) in [5.74, 6) is -0.219. The van der Waals surface area contributed by atoms with Crippen molar-refractivity contribution in [1.82, 2.24) is 0 Å². The van der Waals surface area contributed by atoms with Gasteiger partial charge >= 0.3 is 0 Å². The van der Waals surface area contributed by atoms with E-state index in [-0.39, 0.29) is 5.82 Å². The van der Waals surface area contributed by atoms with E-state index >= 15 is 0 Å². The van der Waals surface area contributed by atoms with Gasteiger partial charge in [0.05, 0.1) is 11.8 Å². The molecule has 20 heavy (non-hydrogen) atoms. The number of nitrogens with zero attached hydrogens (tertiary/aromatic N) is 1. The summed E-state index contributed by atoms with van der Waals surface area (Å²) < 4.78 is 14.2. The molecule has 0 aromatic heterocycles. The van der Waals surface area contributed by atoms with Gasteiger partial charge in [0.25, 0.3) is 0 Å². The van der Waals surface area contributed by atoms with E-state index in [0.717, 1.165) is 25.9 Å². The molecule has 0 radical (unpaired) electrons. The van der Waals surface area contributed by atoms with Gasteiger partial charge in [0.15, 0.2) is 0 Å². The molecule has 1 atom stereocenters. The first-order valence-corrected chi connectivity index (χ1v) is 7.74. The van der Waals surface area contributed by atoms with Gasteiger partial charge in [-0.3, -0.25) is 0 Å². The molecule has 0 amide bonds. The molecule has 0 spiro atoms. The van der Waals surface area contributed by atoms with Gasteiger partial charge in [0, 0.05) is 13.1 Å². The Kier molecular flexibility index (Phi) is 4.69. The van der Waals surface area contributed by atoms with Crippen molar-refractivity contribution in [2.75, 3.05) is 18.0 Å².